The summed E-state index contributed by atoms with van der Waals surface area (Å²) in [5.41, 5.74) is 0.857. The van der Waals surface area contributed by atoms with Gasteiger partial charge >= 0.3 is 5.97 Å². The van der Waals surface area contributed by atoms with Crippen molar-refractivity contribution in [3.05, 3.63) is 53.8 Å². The lowest BCUT2D eigenvalue weighted by Gasteiger charge is -2.14. The van der Waals surface area contributed by atoms with Crippen LogP contribution in [0.5, 0.6) is 5.75 Å². The SMILES string of the molecule is CC(C)Oc1ccccc1-c1ccc(C(=O)O)cc1F. The van der Waals surface area contributed by atoms with Gasteiger partial charge in [0.25, 0.3) is 0 Å². The Hall–Kier alpha value is -2.36. The van der Waals surface area contributed by atoms with Crippen LogP contribution in [0.15, 0.2) is 42.5 Å². The highest BCUT2D eigenvalue weighted by molar-refractivity contribution is 5.88. The number of rotatable bonds is 4. The van der Waals surface area contributed by atoms with Crippen LogP contribution >= 0.6 is 0 Å². The highest BCUT2D eigenvalue weighted by Gasteiger charge is 2.13. The van der Waals surface area contributed by atoms with Gasteiger partial charge in [0, 0.05) is 11.1 Å². The summed E-state index contributed by atoms with van der Waals surface area (Å²) in [6.07, 6.45) is -0.0301. The fourth-order valence-electron chi connectivity index (χ4n) is 1.91. The number of para-hydroxylation sites is 1. The van der Waals surface area contributed by atoms with Gasteiger partial charge in [-0.3, -0.25) is 0 Å². The lowest BCUT2D eigenvalue weighted by Crippen LogP contribution is -2.06. The van der Waals surface area contributed by atoms with E-state index in [0.717, 1.165) is 6.07 Å². The summed E-state index contributed by atoms with van der Waals surface area (Å²) >= 11 is 0. The van der Waals surface area contributed by atoms with Gasteiger partial charge in [-0.2, -0.15) is 0 Å². The molecule has 3 nitrogen and oxygen atoms in total. The summed E-state index contributed by atoms with van der Waals surface area (Å²) in [4.78, 5) is 10.8. The van der Waals surface area contributed by atoms with Crippen molar-refractivity contribution in [1.82, 2.24) is 0 Å². The molecule has 0 bridgehead atoms. The van der Waals surface area contributed by atoms with Gasteiger partial charge in [0.2, 0.25) is 0 Å². The van der Waals surface area contributed by atoms with Crippen LogP contribution in [0.2, 0.25) is 0 Å². The highest BCUT2D eigenvalue weighted by atomic mass is 19.1. The first-order chi connectivity index (χ1) is 9.49. The molecule has 104 valence electrons. The predicted octanol–water partition coefficient (Wildman–Crippen LogP) is 3.98. The Morgan fingerprint density at radius 1 is 1.15 bits per heavy atom. The van der Waals surface area contributed by atoms with Gasteiger partial charge in [-0.25, -0.2) is 9.18 Å². The van der Waals surface area contributed by atoms with Crippen LogP contribution in [0, 0.1) is 5.82 Å². The van der Waals surface area contributed by atoms with E-state index in [0.29, 0.717) is 16.9 Å². The third-order valence-electron chi connectivity index (χ3n) is 2.76. The normalized spacial score (nSPS) is 10.6. The molecule has 0 aliphatic rings. The van der Waals surface area contributed by atoms with E-state index in [1.807, 2.05) is 19.9 Å². The molecule has 20 heavy (non-hydrogen) atoms. The number of carboxylic acids is 1. The van der Waals surface area contributed by atoms with Crippen LogP contribution in [-0.2, 0) is 0 Å². The average molecular weight is 274 g/mol. The first-order valence-corrected chi connectivity index (χ1v) is 6.28. The van der Waals surface area contributed by atoms with Crippen LogP contribution in [-0.4, -0.2) is 17.2 Å². The Morgan fingerprint density at radius 2 is 1.85 bits per heavy atom. The zero-order chi connectivity index (χ0) is 14.7. The van der Waals surface area contributed by atoms with Gasteiger partial charge in [-0.05, 0) is 32.0 Å². The van der Waals surface area contributed by atoms with Crippen LogP contribution in [0.25, 0.3) is 11.1 Å². The van der Waals surface area contributed by atoms with Crippen LogP contribution in [0.1, 0.15) is 24.2 Å². The molecule has 0 saturated carbocycles. The van der Waals surface area contributed by atoms with E-state index in [4.69, 9.17) is 9.84 Å². The van der Waals surface area contributed by atoms with Gasteiger partial charge in [0.15, 0.2) is 0 Å². The molecule has 2 aromatic rings. The molecule has 2 aromatic carbocycles. The van der Waals surface area contributed by atoms with Crippen LogP contribution in [0.3, 0.4) is 0 Å². The largest absolute Gasteiger partial charge is 0.490 e. The Bertz CT molecular complexity index is 635. The van der Waals surface area contributed by atoms with Crippen LogP contribution < -0.4 is 4.74 Å². The van der Waals surface area contributed by atoms with Gasteiger partial charge in [-0.15, -0.1) is 0 Å². The fourth-order valence-corrected chi connectivity index (χ4v) is 1.91. The van der Waals surface area contributed by atoms with E-state index >= 15 is 0 Å². The van der Waals surface area contributed by atoms with E-state index in [9.17, 15) is 9.18 Å². The summed E-state index contributed by atoms with van der Waals surface area (Å²) < 4.78 is 19.7. The molecular formula is C16H15FO3. The Balaban J connectivity index is 2.49. The van der Waals surface area contributed by atoms with Gasteiger partial charge in [-0.1, -0.05) is 24.3 Å². The highest BCUT2D eigenvalue weighted by Crippen LogP contribution is 2.32. The number of carbonyl (C=O) groups is 1. The standard InChI is InChI=1S/C16H15FO3/c1-10(2)20-15-6-4-3-5-13(15)12-8-7-11(16(18)19)9-14(12)17/h3-10H,1-2H3,(H,18,19). The maximum absolute atomic E-state index is 14.1. The minimum Gasteiger partial charge on any atom is -0.490 e. The van der Waals surface area contributed by atoms with Crippen molar-refractivity contribution in [3.63, 3.8) is 0 Å². The molecular weight excluding hydrogens is 259 g/mol. The molecule has 0 radical (unpaired) electrons. The number of hydrogen-bond acceptors (Lipinski definition) is 2. The quantitative estimate of drug-likeness (QED) is 0.917. The number of halogens is 1. The number of benzene rings is 2. The average Bonchev–Trinajstić information content (AvgIpc) is 2.39. The van der Waals surface area contributed by atoms with Gasteiger partial charge in [0.05, 0.1) is 11.7 Å². The second-order valence-corrected chi connectivity index (χ2v) is 4.66. The molecule has 0 aromatic heterocycles. The molecule has 2 rings (SSSR count). The molecule has 0 aliphatic carbocycles. The molecule has 0 saturated heterocycles. The third kappa shape index (κ3) is 2.96. The fraction of sp³-hybridized carbons (Fsp3) is 0.188. The minimum absolute atomic E-state index is 0.0301. The van der Waals surface area contributed by atoms with E-state index in [2.05, 4.69) is 0 Å². The first-order valence-electron chi connectivity index (χ1n) is 6.28. The zero-order valence-corrected chi connectivity index (χ0v) is 11.3. The summed E-state index contributed by atoms with van der Waals surface area (Å²) in [7, 11) is 0. The van der Waals surface area contributed by atoms with Crippen LogP contribution in [0.4, 0.5) is 4.39 Å². The van der Waals surface area contributed by atoms with Gasteiger partial charge < -0.3 is 9.84 Å². The number of ether oxygens (including phenoxy) is 1. The van der Waals surface area contributed by atoms with Gasteiger partial charge in [0.1, 0.15) is 11.6 Å². The molecule has 4 heteroatoms. The van der Waals surface area contributed by atoms with Crippen molar-refractivity contribution in [3.8, 4) is 16.9 Å². The number of aromatic carboxylic acids is 1. The molecule has 0 amide bonds. The maximum atomic E-state index is 14.1. The molecule has 0 fully saturated rings. The van der Waals surface area contributed by atoms with Crippen molar-refractivity contribution in [2.24, 2.45) is 0 Å². The molecule has 1 N–H and O–H groups in total. The Morgan fingerprint density at radius 3 is 2.45 bits per heavy atom. The predicted molar refractivity (Wildman–Crippen MR) is 74.6 cm³/mol. The molecule has 0 unspecified atom stereocenters. The van der Waals surface area contributed by atoms with Crippen molar-refractivity contribution in [2.45, 2.75) is 20.0 Å². The Kier molecular flexibility index (Phi) is 4.03. The van der Waals surface area contributed by atoms with Crippen molar-refractivity contribution >= 4 is 5.97 Å². The van der Waals surface area contributed by atoms with E-state index in [-0.39, 0.29) is 11.7 Å². The summed E-state index contributed by atoms with van der Waals surface area (Å²) in [5.74, 6) is -1.16. The smallest absolute Gasteiger partial charge is 0.335 e. The second-order valence-electron chi connectivity index (χ2n) is 4.66. The number of hydrogen-bond donors (Lipinski definition) is 1. The lowest BCUT2D eigenvalue weighted by molar-refractivity contribution is 0.0696. The second kappa shape index (κ2) is 5.74. The molecule has 0 heterocycles. The zero-order valence-electron chi connectivity index (χ0n) is 11.3. The third-order valence-corrected chi connectivity index (χ3v) is 2.76. The monoisotopic (exact) mass is 274 g/mol. The van der Waals surface area contributed by atoms with Crippen molar-refractivity contribution in [1.29, 1.82) is 0 Å². The summed E-state index contributed by atoms with van der Waals surface area (Å²) in [6.45, 7) is 3.78. The number of carboxylic acid groups (broad SMARTS) is 1. The first kappa shape index (κ1) is 14.1. The minimum atomic E-state index is -1.15. The van der Waals surface area contributed by atoms with E-state index in [1.165, 1.54) is 12.1 Å². The summed E-state index contributed by atoms with van der Waals surface area (Å²) in [6, 6.07) is 11.0. The van der Waals surface area contributed by atoms with Crippen molar-refractivity contribution in [2.75, 3.05) is 0 Å². The lowest BCUT2D eigenvalue weighted by atomic mass is 10.0. The topological polar surface area (TPSA) is 46.5 Å². The summed E-state index contributed by atoms with van der Waals surface area (Å²) in [5, 5.41) is 8.85. The van der Waals surface area contributed by atoms with E-state index < -0.39 is 11.8 Å². The Labute approximate surface area is 116 Å². The van der Waals surface area contributed by atoms with E-state index in [1.54, 1.807) is 18.2 Å². The molecule has 0 atom stereocenters. The van der Waals surface area contributed by atoms with Crippen molar-refractivity contribution < 1.29 is 19.0 Å². The maximum Gasteiger partial charge on any atom is 0.335 e. The molecule has 0 aliphatic heterocycles. The molecule has 0 spiro atoms.